The van der Waals surface area contributed by atoms with Crippen molar-refractivity contribution in [3.05, 3.63) is 29.8 Å². The molecule has 6 heteroatoms. The molecule has 0 atom stereocenters. The topological polar surface area (TPSA) is 95.7 Å². The number of hydrazine groups is 1. The summed E-state index contributed by atoms with van der Waals surface area (Å²) in [5.41, 5.74) is 1.65. The molecular weight excluding hydrogens is 222 g/mol. The normalized spacial score (nSPS) is 9.76. The van der Waals surface area contributed by atoms with Gasteiger partial charge in [0.2, 0.25) is 5.91 Å². The van der Waals surface area contributed by atoms with Gasteiger partial charge in [0.05, 0.1) is 5.69 Å². The monoisotopic (exact) mass is 237 g/mol. The number of hydrogen-bond acceptors (Lipinski definition) is 3. The number of amides is 2. The van der Waals surface area contributed by atoms with Gasteiger partial charge in [-0.15, -0.1) is 0 Å². The number of carboxylic acid groups (broad SMARTS) is 1. The van der Waals surface area contributed by atoms with Gasteiger partial charge in [-0.2, -0.15) is 0 Å². The Kier molecular flexibility index (Phi) is 4.47. The molecule has 0 fully saturated rings. The van der Waals surface area contributed by atoms with Crippen LogP contribution in [0.1, 0.15) is 12.0 Å². The Balaban J connectivity index is 2.51. The van der Waals surface area contributed by atoms with Gasteiger partial charge >= 0.3 is 6.09 Å². The highest BCUT2D eigenvalue weighted by atomic mass is 16.4. The van der Waals surface area contributed by atoms with E-state index in [1.54, 1.807) is 12.1 Å². The van der Waals surface area contributed by atoms with Crippen LogP contribution in [0.15, 0.2) is 24.3 Å². The van der Waals surface area contributed by atoms with Gasteiger partial charge in [0.25, 0.3) is 0 Å². The zero-order chi connectivity index (χ0) is 12.8. The molecular formula is C11H15N3O3. The molecule has 0 saturated heterocycles. The number of carbonyl (C=O) groups is 2. The largest absolute Gasteiger partial charge is 0.465 e. The minimum absolute atomic E-state index is 0.0245. The van der Waals surface area contributed by atoms with E-state index < -0.39 is 6.09 Å². The van der Waals surface area contributed by atoms with Gasteiger partial charge in [-0.05, 0) is 19.1 Å². The maximum atomic E-state index is 11.6. The highest BCUT2D eigenvalue weighted by Gasteiger charge is 2.11. The minimum atomic E-state index is -1.16. The molecule has 4 N–H and O–H groups in total. The number of hydrogen-bond donors (Lipinski definition) is 3. The van der Waals surface area contributed by atoms with Crippen molar-refractivity contribution in [2.75, 3.05) is 11.6 Å². The minimum Gasteiger partial charge on any atom is -0.465 e. The lowest BCUT2D eigenvalue weighted by atomic mass is 10.2. The first-order chi connectivity index (χ1) is 8.00. The third-order valence-corrected chi connectivity index (χ3v) is 2.20. The summed E-state index contributed by atoms with van der Waals surface area (Å²) in [7, 11) is 0. The van der Waals surface area contributed by atoms with Gasteiger partial charge in [-0.3, -0.25) is 4.79 Å². The van der Waals surface area contributed by atoms with Gasteiger partial charge < -0.3 is 10.4 Å². The quantitative estimate of drug-likeness (QED) is 0.411. The summed E-state index contributed by atoms with van der Waals surface area (Å²) in [5, 5.41) is 11.5. The van der Waals surface area contributed by atoms with Crippen LogP contribution in [-0.2, 0) is 4.79 Å². The second-order valence-corrected chi connectivity index (χ2v) is 3.58. The number of nitrogens with zero attached hydrogens (tertiary/aromatic N) is 1. The molecule has 0 aliphatic heterocycles. The molecule has 1 aromatic rings. The molecule has 0 spiro atoms. The molecule has 0 radical (unpaired) electrons. The summed E-state index contributed by atoms with van der Waals surface area (Å²) in [6.07, 6.45) is -1.13. The van der Waals surface area contributed by atoms with E-state index in [2.05, 4.69) is 5.32 Å². The maximum Gasteiger partial charge on any atom is 0.404 e. The predicted octanol–water partition coefficient (Wildman–Crippen LogP) is 0.859. The predicted molar refractivity (Wildman–Crippen MR) is 63.5 cm³/mol. The number of nitrogens with one attached hydrogen (secondary N) is 1. The van der Waals surface area contributed by atoms with E-state index in [1.807, 2.05) is 19.1 Å². The fourth-order valence-electron chi connectivity index (χ4n) is 1.25. The molecule has 1 aromatic carbocycles. The molecule has 17 heavy (non-hydrogen) atoms. The highest BCUT2D eigenvalue weighted by Crippen LogP contribution is 2.12. The van der Waals surface area contributed by atoms with E-state index in [1.165, 1.54) is 0 Å². The van der Waals surface area contributed by atoms with Gasteiger partial charge in [0, 0.05) is 13.0 Å². The molecule has 0 saturated carbocycles. The Morgan fingerprint density at radius 2 is 1.94 bits per heavy atom. The number of benzene rings is 1. The number of nitrogens with two attached hydrogens (primary N) is 1. The fraction of sp³-hybridized carbons (Fsp3) is 0.273. The van der Waals surface area contributed by atoms with E-state index in [-0.39, 0.29) is 18.9 Å². The van der Waals surface area contributed by atoms with Crippen LogP contribution < -0.4 is 16.2 Å². The Bertz CT molecular complexity index is 403. The number of anilines is 1. The van der Waals surface area contributed by atoms with Gasteiger partial charge in [0.15, 0.2) is 0 Å². The van der Waals surface area contributed by atoms with Crippen LogP contribution in [0, 0.1) is 6.92 Å². The summed E-state index contributed by atoms with van der Waals surface area (Å²) >= 11 is 0. The van der Waals surface area contributed by atoms with Crippen LogP contribution >= 0.6 is 0 Å². The van der Waals surface area contributed by atoms with E-state index >= 15 is 0 Å². The number of carbonyl (C=O) groups excluding carboxylic acids is 1. The van der Waals surface area contributed by atoms with Gasteiger partial charge in [-0.25, -0.2) is 15.6 Å². The summed E-state index contributed by atoms with van der Waals surface area (Å²) in [4.78, 5) is 21.8. The van der Waals surface area contributed by atoms with Crippen molar-refractivity contribution in [2.24, 2.45) is 5.84 Å². The standard InChI is InChI=1S/C11H15N3O3/c1-8-2-4-9(5-3-8)14(12)10(15)6-7-13-11(16)17/h2-5,13H,6-7,12H2,1H3,(H,16,17). The van der Waals surface area contributed by atoms with Crippen molar-refractivity contribution in [3.8, 4) is 0 Å². The zero-order valence-corrected chi connectivity index (χ0v) is 9.51. The van der Waals surface area contributed by atoms with Crippen LogP contribution in [0.4, 0.5) is 10.5 Å². The lowest BCUT2D eigenvalue weighted by molar-refractivity contribution is -0.118. The average Bonchev–Trinajstić information content (AvgIpc) is 2.28. The van der Waals surface area contributed by atoms with Crippen LogP contribution in [0.2, 0.25) is 0 Å². The molecule has 1 rings (SSSR count). The van der Waals surface area contributed by atoms with Crippen LogP contribution in [0.25, 0.3) is 0 Å². The van der Waals surface area contributed by atoms with Crippen molar-refractivity contribution in [1.82, 2.24) is 5.32 Å². The third-order valence-electron chi connectivity index (χ3n) is 2.20. The Labute approximate surface area is 99.0 Å². The first-order valence-electron chi connectivity index (χ1n) is 5.12. The highest BCUT2D eigenvalue weighted by molar-refractivity contribution is 5.92. The van der Waals surface area contributed by atoms with Crippen LogP contribution in [0.3, 0.4) is 0 Å². The van der Waals surface area contributed by atoms with Crippen molar-refractivity contribution in [3.63, 3.8) is 0 Å². The molecule has 0 unspecified atom stereocenters. The van der Waals surface area contributed by atoms with Crippen molar-refractivity contribution >= 4 is 17.7 Å². The van der Waals surface area contributed by atoms with Crippen molar-refractivity contribution in [1.29, 1.82) is 0 Å². The van der Waals surface area contributed by atoms with E-state index in [4.69, 9.17) is 10.9 Å². The molecule has 0 aliphatic rings. The average molecular weight is 237 g/mol. The van der Waals surface area contributed by atoms with Crippen molar-refractivity contribution in [2.45, 2.75) is 13.3 Å². The van der Waals surface area contributed by atoms with Gasteiger partial charge in [-0.1, -0.05) is 17.7 Å². The zero-order valence-electron chi connectivity index (χ0n) is 9.51. The van der Waals surface area contributed by atoms with Gasteiger partial charge in [0.1, 0.15) is 0 Å². The smallest absolute Gasteiger partial charge is 0.404 e. The maximum absolute atomic E-state index is 11.6. The van der Waals surface area contributed by atoms with E-state index in [9.17, 15) is 9.59 Å². The Morgan fingerprint density at radius 3 is 2.47 bits per heavy atom. The SMILES string of the molecule is Cc1ccc(N(N)C(=O)CCNC(=O)O)cc1. The lowest BCUT2D eigenvalue weighted by Gasteiger charge is -2.16. The second kappa shape index (κ2) is 5.86. The molecule has 6 nitrogen and oxygen atoms in total. The van der Waals surface area contributed by atoms with Crippen molar-refractivity contribution < 1.29 is 14.7 Å². The molecule has 0 bridgehead atoms. The first-order valence-corrected chi connectivity index (χ1v) is 5.12. The Morgan fingerprint density at radius 1 is 1.35 bits per heavy atom. The molecule has 0 aromatic heterocycles. The van der Waals surface area contributed by atoms with E-state index in [0.717, 1.165) is 10.6 Å². The summed E-state index contributed by atoms with van der Waals surface area (Å²) < 4.78 is 0. The summed E-state index contributed by atoms with van der Waals surface area (Å²) in [6, 6.07) is 7.16. The Hall–Kier alpha value is -2.08. The lowest BCUT2D eigenvalue weighted by Crippen LogP contribution is -2.39. The molecule has 0 heterocycles. The summed E-state index contributed by atoms with van der Waals surface area (Å²) in [6.45, 7) is 1.98. The summed E-state index contributed by atoms with van der Waals surface area (Å²) in [5.74, 6) is 5.27. The molecule has 92 valence electrons. The first kappa shape index (κ1) is 13.0. The second-order valence-electron chi connectivity index (χ2n) is 3.58. The third kappa shape index (κ3) is 4.12. The number of aryl methyl sites for hydroxylation is 1. The van der Waals surface area contributed by atoms with Crippen LogP contribution in [0.5, 0.6) is 0 Å². The molecule has 0 aliphatic carbocycles. The van der Waals surface area contributed by atoms with Crippen LogP contribution in [-0.4, -0.2) is 23.7 Å². The fourth-order valence-corrected chi connectivity index (χ4v) is 1.25. The molecule has 2 amide bonds. The number of rotatable bonds is 4. The van der Waals surface area contributed by atoms with E-state index in [0.29, 0.717) is 5.69 Å².